The maximum absolute atomic E-state index is 4.45. The third-order valence-electron chi connectivity index (χ3n) is 2.55. The molecule has 2 rings (SSSR count). The Morgan fingerprint density at radius 2 is 2.00 bits per heavy atom. The van der Waals surface area contributed by atoms with Crippen LogP contribution in [-0.4, -0.2) is 19.5 Å². The standard InChI is InChI=1S/C12H12Br2N4/c1-7(9-6-15-5-8(2)16-9)4-10-11(13)17-12(14)18(10)3/h4-6H,1-3H3/b7-4+. The highest BCUT2D eigenvalue weighted by Gasteiger charge is 2.09. The van der Waals surface area contributed by atoms with Gasteiger partial charge < -0.3 is 4.57 Å². The number of aromatic nitrogens is 4. The van der Waals surface area contributed by atoms with Crippen molar-refractivity contribution in [1.82, 2.24) is 19.5 Å². The first-order valence-electron chi connectivity index (χ1n) is 5.34. The number of imidazole rings is 1. The van der Waals surface area contributed by atoms with E-state index in [1.54, 1.807) is 12.4 Å². The van der Waals surface area contributed by atoms with Crippen molar-refractivity contribution in [2.45, 2.75) is 13.8 Å². The van der Waals surface area contributed by atoms with Crippen LogP contribution in [0, 0.1) is 6.92 Å². The van der Waals surface area contributed by atoms with Gasteiger partial charge in [0.1, 0.15) is 4.60 Å². The topological polar surface area (TPSA) is 43.6 Å². The molecular weight excluding hydrogens is 360 g/mol. The quantitative estimate of drug-likeness (QED) is 0.809. The largest absolute Gasteiger partial charge is 0.321 e. The summed E-state index contributed by atoms with van der Waals surface area (Å²) in [4.78, 5) is 12.9. The minimum absolute atomic E-state index is 0.781. The van der Waals surface area contributed by atoms with E-state index in [4.69, 9.17) is 0 Å². The predicted molar refractivity (Wildman–Crippen MR) is 78.9 cm³/mol. The number of halogens is 2. The lowest BCUT2D eigenvalue weighted by Gasteiger charge is -2.03. The molecule has 0 aromatic carbocycles. The van der Waals surface area contributed by atoms with E-state index in [1.165, 1.54) is 0 Å². The second kappa shape index (κ2) is 5.32. The van der Waals surface area contributed by atoms with Gasteiger partial charge in [0.15, 0.2) is 4.73 Å². The lowest BCUT2D eigenvalue weighted by atomic mass is 10.2. The van der Waals surface area contributed by atoms with Crippen molar-refractivity contribution in [3.8, 4) is 0 Å². The first-order valence-corrected chi connectivity index (χ1v) is 6.92. The Morgan fingerprint density at radius 3 is 2.56 bits per heavy atom. The molecule has 0 aliphatic heterocycles. The molecule has 2 heterocycles. The monoisotopic (exact) mass is 370 g/mol. The number of nitrogens with zero attached hydrogens (tertiary/aromatic N) is 4. The Morgan fingerprint density at radius 1 is 1.28 bits per heavy atom. The van der Waals surface area contributed by atoms with Crippen LogP contribution in [0.1, 0.15) is 24.0 Å². The highest BCUT2D eigenvalue weighted by molar-refractivity contribution is 9.11. The highest BCUT2D eigenvalue weighted by atomic mass is 79.9. The molecule has 0 fully saturated rings. The molecule has 0 amide bonds. The normalized spacial score (nSPS) is 11.9. The first kappa shape index (κ1) is 13.4. The summed E-state index contributed by atoms with van der Waals surface area (Å²) >= 11 is 6.83. The average Bonchev–Trinajstić information content (AvgIpc) is 2.56. The maximum atomic E-state index is 4.45. The van der Waals surface area contributed by atoms with Crippen LogP contribution in [0.2, 0.25) is 0 Å². The van der Waals surface area contributed by atoms with Gasteiger partial charge in [0, 0.05) is 13.2 Å². The maximum Gasteiger partial charge on any atom is 0.178 e. The molecule has 0 unspecified atom stereocenters. The summed E-state index contributed by atoms with van der Waals surface area (Å²) in [7, 11) is 1.95. The molecule has 0 aliphatic carbocycles. The fourth-order valence-corrected chi connectivity index (χ4v) is 2.69. The Kier molecular flexibility index (Phi) is 3.97. The number of hydrogen-bond acceptors (Lipinski definition) is 3. The predicted octanol–water partition coefficient (Wildman–Crippen LogP) is 3.60. The van der Waals surface area contributed by atoms with Gasteiger partial charge in [-0.1, -0.05) is 0 Å². The van der Waals surface area contributed by atoms with Crippen LogP contribution in [0.5, 0.6) is 0 Å². The van der Waals surface area contributed by atoms with Gasteiger partial charge >= 0.3 is 0 Å². The lowest BCUT2D eigenvalue weighted by Crippen LogP contribution is -1.94. The number of hydrogen-bond donors (Lipinski definition) is 0. The molecule has 2 aromatic rings. The van der Waals surface area contributed by atoms with Crippen molar-refractivity contribution in [3.05, 3.63) is 38.8 Å². The van der Waals surface area contributed by atoms with Crippen molar-refractivity contribution in [3.63, 3.8) is 0 Å². The molecule has 2 aromatic heterocycles. The van der Waals surface area contributed by atoms with E-state index in [0.29, 0.717) is 0 Å². The van der Waals surface area contributed by atoms with Crippen LogP contribution in [0.25, 0.3) is 11.6 Å². The molecule has 18 heavy (non-hydrogen) atoms. The van der Waals surface area contributed by atoms with Gasteiger partial charge in [0.05, 0.1) is 23.3 Å². The molecule has 0 aliphatic rings. The fourth-order valence-electron chi connectivity index (χ4n) is 1.54. The molecule has 6 heteroatoms. The second-order valence-electron chi connectivity index (χ2n) is 3.99. The van der Waals surface area contributed by atoms with Crippen LogP contribution in [0.4, 0.5) is 0 Å². The third kappa shape index (κ3) is 2.70. The summed E-state index contributed by atoms with van der Waals surface area (Å²) in [6, 6.07) is 0. The van der Waals surface area contributed by atoms with Crippen molar-refractivity contribution < 1.29 is 0 Å². The van der Waals surface area contributed by atoms with Crippen LogP contribution in [0.15, 0.2) is 21.7 Å². The van der Waals surface area contributed by atoms with Crippen molar-refractivity contribution in [1.29, 1.82) is 0 Å². The van der Waals surface area contributed by atoms with E-state index in [-0.39, 0.29) is 0 Å². The molecule has 94 valence electrons. The molecule has 0 bridgehead atoms. The summed E-state index contributed by atoms with van der Waals surface area (Å²) in [5.74, 6) is 0. The SMILES string of the molecule is C/C(=C\c1c(Br)nc(Br)n1C)c1cncc(C)n1. The van der Waals surface area contributed by atoms with Crippen molar-refractivity contribution in [2.75, 3.05) is 0 Å². The zero-order valence-electron chi connectivity index (χ0n) is 10.3. The van der Waals surface area contributed by atoms with E-state index >= 15 is 0 Å². The van der Waals surface area contributed by atoms with Crippen LogP contribution in [-0.2, 0) is 7.05 Å². The van der Waals surface area contributed by atoms with Crippen LogP contribution >= 0.6 is 31.9 Å². The summed E-state index contributed by atoms with van der Waals surface area (Å²) in [5, 5.41) is 0. The van der Waals surface area contributed by atoms with Gasteiger partial charge in [0.25, 0.3) is 0 Å². The number of rotatable bonds is 2. The molecule has 0 saturated carbocycles. The number of aryl methyl sites for hydroxylation is 1. The Labute approximate surface area is 122 Å². The highest BCUT2D eigenvalue weighted by Crippen LogP contribution is 2.24. The van der Waals surface area contributed by atoms with Gasteiger partial charge in [0.2, 0.25) is 0 Å². The minimum atomic E-state index is 0.781. The van der Waals surface area contributed by atoms with Crippen molar-refractivity contribution in [2.24, 2.45) is 7.05 Å². The Hall–Kier alpha value is -1.01. The van der Waals surface area contributed by atoms with Gasteiger partial charge in [-0.25, -0.2) is 4.98 Å². The van der Waals surface area contributed by atoms with Crippen molar-refractivity contribution >= 4 is 43.5 Å². The second-order valence-corrected chi connectivity index (χ2v) is 5.45. The minimum Gasteiger partial charge on any atom is -0.321 e. The smallest absolute Gasteiger partial charge is 0.178 e. The summed E-state index contributed by atoms with van der Waals surface area (Å²) < 4.78 is 3.54. The average molecular weight is 372 g/mol. The molecule has 0 spiro atoms. The zero-order chi connectivity index (χ0) is 13.3. The van der Waals surface area contributed by atoms with E-state index in [1.807, 2.05) is 31.5 Å². The van der Waals surface area contributed by atoms with E-state index in [0.717, 1.165) is 32.0 Å². The molecule has 0 radical (unpaired) electrons. The molecular formula is C12H12Br2N4. The fraction of sp³-hybridized carbons (Fsp3) is 0.250. The zero-order valence-corrected chi connectivity index (χ0v) is 13.4. The number of allylic oxidation sites excluding steroid dienone is 1. The van der Waals surface area contributed by atoms with Gasteiger partial charge in [-0.2, -0.15) is 0 Å². The Bertz CT molecular complexity index is 617. The molecule has 0 atom stereocenters. The summed E-state index contributed by atoms with van der Waals surface area (Å²) in [6.45, 7) is 3.94. The van der Waals surface area contributed by atoms with Gasteiger partial charge in [-0.05, 0) is 57.4 Å². The van der Waals surface area contributed by atoms with Gasteiger partial charge in [-0.3, -0.25) is 9.97 Å². The lowest BCUT2D eigenvalue weighted by molar-refractivity contribution is 0.871. The molecule has 0 saturated heterocycles. The summed E-state index contributed by atoms with van der Waals surface area (Å²) in [5.41, 5.74) is 3.81. The third-order valence-corrected chi connectivity index (χ3v) is 3.84. The van der Waals surface area contributed by atoms with Crippen LogP contribution in [0.3, 0.4) is 0 Å². The van der Waals surface area contributed by atoms with E-state index in [2.05, 4.69) is 46.8 Å². The van der Waals surface area contributed by atoms with Gasteiger partial charge in [-0.15, -0.1) is 0 Å². The molecule has 4 nitrogen and oxygen atoms in total. The summed E-state index contributed by atoms with van der Waals surface area (Å²) in [6.07, 6.45) is 5.54. The van der Waals surface area contributed by atoms with E-state index < -0.39 is 0 Å². The first-order chi connectivity index (χ1) is 8.49. The molecule has 0 N–H and O–H groups in total. The van der Waals surface area contributed by atoms with Crippen LogP contribution < -0.4 is 0 Å². The van der Waals surface area contributed by atoms with E-state index in [9.17, 15) is 0 Å². The Balaban J connectivity index is 2.44.